The third kappa shape index (κ3) is 5.43. The first-order chi connectivity index (χ1) is 11.2. The fraction of sp³-hybridized carbons (Fsp3) is 0.444. The summed E-state index contributed by atoms with van der Waals surface area (Å²) in [4.78, 5) is 25.9. The van der Waals surface area contributed by atoms with E-state index >= 15 is 0 Å². The number of likely N-dealkylation sites (tertiary alicyclic amines) is 1. The van der Waals surface area contributed by atoms with E-state index in [4.69, 9.17) is 0 Å². The van der Waals surface area contributed by atoms with Gasteiger partial charge in [-0.15, -0.1) is 6.58 Å². The van der Waals surface area contributed by atoms with E-state index in [0.717, 1.165) is 31.6 Å². The van der Waals surface area contributed by atoms with Crippen LogP contribution >= 0.6 is 0 Å². The van der Waals surface area contributed by atoms with Crippen molar-refractivity contribution in [1.29, 1.82) is 0 Å². The van der Waals surface area contributed by atoms with Crippen molar-refractivity contribution in [2.45, 2.75) is 25.7 Å². The summed E-state index contributed by atoms with van der Waals surface area (Å²) in [5, 5.41) is 5.74. The highest BCUT2D eigenvalue weighted by Crippen LogP contribution is 2.15. The Balaban J connectivity index is 1.87. The average Bonchev–Trinajstić information content (AvgIpc) is 2.87. The van der Waals surface area contributed by atoms with Crippen molar-refractivity contribution >= 4 is 17.5 Å². The molecule has 124 valence electrons. The van der Waals surface area contributed by atoms with Gasteiger partial charge in [-0.1, -0.05) is 18.9 Å². The minimum absolute atomic E-state index is 0.0883. The van der Waals surface area contributed by atoms with Crippen molar-refractivity contribution in [3.8, 4) is 0 Å². The van der Waals surface area contributed by atoms with Gasteiger partial charge in [0.1, 0.15) is 0 Å². The van der Waals surface area contributed by atoms with Crippen molar-refractivity contribution in [2.75, 3.05) is 31.5 Å². The lowest BCUT2D eigenvalue weighted by molar-refractivity contribution is -0.119. The lowest BCUT2D eigenvalue weighted by Crippen LogP contribution is -2.31. The molecular weight excluding hydrogens is 290 g/mol. The molecule has 23 heavy (non-hydrogen) atoms. The Morgan fingerprint density at radius 2 is 1.74 bits per heavy atom. The summed E-state index contributed by atoms with van der Waals surface area (Å²) >= 11 is 0. The Kier molecular flexibility index (Phi) is 6.66. The lowest BCUT2D eigenvalue weighted by Gasteiger charge is -2.20. The van der Waals surface area contributed by atoms with Crippen molar-refractivity contribution in [2.24, 2.45) is 0 Å². The molecule has 2 N–H and O–H groups in total. The molecule has 0 saturated carbocycles. The molecule has 1 aliphatic heterocycles. The number of carbonyl (C=O) groups is 2. The molecule has 0 spiro atoms. The van der Waals surface area contributed by atoms with Crippen LogP contribution in [0.2, 0.25) is 0 Å². The first-order valence-corrected chi connectivity index (χ1v) is 8.21. The predicted molar refractivity (Wildman–Crippen MR) is 92.5 cm³/mol. The molecule has 2 rings (SSSR count). The van der Waals surface area contributed by atoms with Gasteiger partial charge >= 0.3 is 0 Å². The van der Waals surface area contributed by atoms with Gasteiger partial charge in [0, 0.05) is 30.9 Å². The van der Waals surface area contributed by atoms with Crippen LogP contribution < -0.4 is 10.6 Å². The van der Waals surface area contributed by atoms with Gasteiger partial charge in [0.15, 0.2) is 0 Å². The molecule has 0 unspecified atom stereocenters. The molecule has 0 aliphatic carbocycles. The Labute approximate surface area is 137 Å². The van der Waals surface area contributed by atoms with Gasteiger partial charge < -0.3 is 15.5 Å². The molecule has 0 atom stereocenters. The quantitative estimate of drug-likeness (QED) is 0.793. The van der Waals surface area contributed by atoms with E-state index < -0.39 is 0 Å². The molecule has 0 aromatic heterocycles. The van der Waals surface area contributed by atoms with Crippen LogP contribution in [0, 0.1) is 0 Å². The van der Waals surface area contributed by atoms with E-state index in [1.807, 2.05) is 29.2 Å². The number of carbonyl (C=O) groups excluding carboxylic acids is 2. The monoisotopic (exact) mass is 315 g/mol. The third-order valence-corrected chi connectivity index (χ3v) is 3.92. The van der Waals surface area contributed by atoms with Crippen LogP contribution in [0.15, 0.2) is 36.9 Å². The van der Waals surface area contributed by atoms with Crippen molar-refractivity contribution < 1.29 is 9.59 Å². The summed E-state index contributed by atoms with van der Waals surface area (Å²) in [6, 6.07) is 7.31. The summed E-state index contributed by atoms with van der Waals surface area (Å²) in [5.74, 6) is 0.0109. The second kappa shape index (κ2) is 8.98. The number of hydrogen-bond donors (Lipinski definition) is 2. The van der Waals surface area contributed by atoms with Crippen LogP contribution in [0.5, 0.6) is 0 Å². The maximum Gasteiger partial charge on any atom is 0.253 e. The Bertz CT molecular complexity index is 532. The van der Waals surface area contributed by atoms with Crippen molar-refractivity contribution in [1.82, 2.24) is 10.2 Å². The molecular formula is C18H25N3O2. The average molecular weight is 315 g/mol. The molecule has 0 radical (unpaired) electrons. The lowest BCUT2D eigenvalue weighted by atomic mass is 10.1. The number of nitrogens with one attached hydrogen (secondary N) is 2. The Morgan fingerprint density at radius 3 is 2.35 bits per heavy atom. The van der Waals surface area contributed by atoms with Gasteiger partial charge in [-0.05, 0) is 37.1 Å². The van der Waals surface area contributed by atoms with E-state index in [1.54, 1.807) is 6.08 Å². The number of rotatable bonds is 6. The summed E-state index contributed by atoms with van der Waals surface area (Å²) < 4.78 is 0. The molecule has 2 amide bonds. The summed E-state index contributed by atoms with van der Waals surface area (Å²) in [6.45, 7) is 5.91. The van der Waals surface area contributed by atoms with Crippen molar-refractivity contribution in [3.05, 3.63) is 42.5 Å². The van der Waals surface area contributed by atoms with Crippen LogP contribution in [0.25, 0.3) is 0 Å². The molecule has 0 bridgehead atoms. The second-order valence-corrected chi connectivity index (χ2v) is 5.73. The molecule has 5 nitrogen and oxygen atoms in total. The molecule has 1 aromatic carbocycles. The van der Waals surface area contributed by atoms with E-state index in [9.17, 15) is 9.59 Å². The third-order valence-electron chi connectivity index (χ3n) is 3.92. The Hall–Kier alpha value is -2.30. The minimum Gasteiger partial charge on any atom is -0.376 e. The molecule has 1 fully saturated rings. The topological polar surface area (TPSA) is 61.4 Å². The normalized spacial score (nSPS) is 14.7. The van der Waals surface area contributed by atoms with Gasteiger partial charge in [0.2, 0.25) is 5.91 Å². The first kappa shape index (κ1) is 17.1. The largest absolute Gasteiger partial charge is 0.376 e. The van der Waals surface area contributed by atoms with E-state index in [1.165, 1.54) is 12.8 Å². The molecule has 5 heteroatoms. The zero-order chi connectivity index (χ0) is 16.5. The minimum atomic E-state index is -0.0883. The number of benzene rings is 1. The van der Waals surface area contributed by atoms with E-state index in [2.05, 4.69) is 17.2 Å². The van der Waals surface area contributed by atoms with E-state index in [-0.39, 0.29) is 18.4 Å². The SMILES string of the molecule is C=CCNC(=O)CNc1ccc(C(=O)N2CCCCCC2)cc1. The van der Waals surface area contributed by atoms with Gasteiger partial charge in [0.25, 0.3) is 5.91 Å². The zero-order valence-electron chi connectivity index (χ0n) is 13.5. The molecule has 1 aromatic rings. The van der Waals surface area contributed by atoms with Gasteiger partial charge in [-0.3, -0.25) is 9.59 Å². The number of hydrogen-bond acceptors (Lipinski definition) is 3. The highest BCUT2D eigenvalue weighted by Gasteiger charge is 2.16. The highest BCUT2D eigenvalue weighted by atomic mass is 16.2. The van der Waals surface area contributed by atoms with Crippen LogP contribution in [-0.2, 0) is 4.79 Å². The van der Waals surface area contributed by atoms with Gasteiger partial charge in [0.05, 0.1) is 6.54 Å². The maximum atomic E-state index is 12.5. The maximum absolute atomic E-state index is 12.5. The second-order valence-electron chi connectivity index (χ2n) is 5.73. The van der Waals surface area contributed by atoms with Gasteiger partial charge in [-0.25, -0.2) is 0 Å². The molecule has 1 saturated heterocycles. The Morgan fingerprint density at radius 1 is 1.09 bits per heavy atom. The van der Waals surface area contributed by atoms with E-state index in [0.29, 0.717) is 12.1 Å². The van der Waals surface area contributed by atoms with Crippen LogP contribution in [0.3, 0.4) is 0 Å². The standard InChI is InChI=1S/C18H25N3O2/c1-2-11-19-17(22)14-20-16-9-7-15(8-10-16)18(23)21-12-5-3-4-6-13-21/h2,7-10,20H,1,3-6,11-14H2,(H,19,22). The number of amides is 2. The summed E-state index contributed by atoms with van der Waals surface area (Å²) in [7, 11) is 0. The van der Waals surface area contributed by atoms with Crippen LogP contribution in [0.4, 0.5) is 5.69 Å². The molecule has 1 aliphatic rings. The molecule has 1 heterocycles. The van der Waals surface area contributed by atoms with Crippen molar-refractivity contribution in [3.63, 3.8) is 0 Å². The fourth-order valence-corrected chi connectivity index (χ4v) is 2.62. The number of anilines is 1. The van der Waals surface area contributed by atoms with Gasteiger partial charge in [-0.2, -0.15) is 0 Å². The zero-order valence-corrected chi connectivity index (χ0v) is 13.5. The summed E-state index contributed by atoms with van der Waals surface area (Å²) in [5.41, 5.74) is 1.53. The number of nitrogens with zero attached hydrogens (tertiary/aromatic N) is 1. The predicted octanol–water partition coefficient (Wildman–Crippen LogP) is 2.42. The van der Waals surface area contributed by atoms with Crippen LogP contribution in [-0.4, -0.2) is 42.9 Å². The first-order valence-electron chi connectivity index (χ1n) is 8.21. The van der Waals surface area contributed by atoms with Crippen LogP contribution in [0.1, 0.15) is 36.0 Å². The summed E-state index contributed by atoms with van der Waals surface area (Å²) in [6.07, 6.45) is 6.23. The fourth-order valence-electron chi connectivity index (χ4n) is 2.62. The highest BCUT2D eigenvalue weighted by molar-refractivity contribution is 5.94. The smallest absolute Gasteiger partial charge is 0.253 e.